The maximum atomic E-state index is 6.00. The summed E-state index contributed by atoms with van der Waals surface area (Å²) in [7, 11) is 0. The van der Waals surface area contributed by atoms with Crippen molar-refractivity contribution in [2.75, 3.05) is 0 Å². The minimum absolute atomic E-state index is 0.944. The van der Waals surface area contributed by atoms with E-state index in [1.54, 1.807) is 0 Å². The second kappa shape index (κ2) is 29.2. The number of nitrogens with one attached hydrogen (secondary N) is 2. The summed E-state index contributed by atoms with van der Waals surface area (Å²) in [5.74, 6) is 8.99. The molecule has 0 aliphatic carbocycles. The summed E-state index contributed by atoms with van der Waals surface area (Å²) in [5.41, 5.74) is 12.0. The highest BCUT2D eigenvalue weighted by molar-refractivity contribution is 5.53. The topological polar surface area (TPSA) is 149 Å². The quantitative estimate of drug-likeness (QED) is 0.142. The fourth-order valence-electron chi connectivity index (χ4n) is 0.743. The van der Waals surface area contributed by atoms with Gasteiger partial charge in [0.05, 0.1) is 0 Å². The normalized spacial score (nSPS) is 9.06. The van der Waals surface area contributed by atoms with Crippen LogP contribution in [0, 0.1) is 11.1 Å². The number of nitrogens with zero attached hydrogens (tertiary/aromatic N) is 4. The molecule has 0 radical (unpaired) electrons. The van der Waals surface area contributed by atoms with Gasteiger partial charge in [0.25, 0.3) is 0 Å². The molecule has 0 amide bonds. The van der Waals surface area contributed by atoms with E-state index in [-0.39, 0.29) is 0 Å². The maximum absolute atomic E-state index is 6.00. The van der Waals surface area contributed by atoms with Crippen molar-refractivity contribution in [3.05, 3.63) is 0 Å². The smallest absolute Gasteiger partial charge is 0.156 e. The Hall–Kier alpha value is -1.86. The van der Waals surface area contributed by atoms with Gasteiger partial charge in [0.2, 0.25) is 0 Å². The molecule has 0 aromatic heterocycles. The first-order chi connectivity index (χ1) is 8.24. The molecule has 100 valence electrons. The Morgan fingerprint density at radius 1 is 0.824 bits per heavy atom. The molecule has 8 heteroatoms. The number of hydrogen-bond acceptors (Lipinski definition) is 6. The zero-order valence-electron chi connectivity index (χ0n) is 10.6. The molecule has 6 N–H and O–H groups in total. The summed E-state index contributed by atoms with van der Waals surface area (Å²) in [6, 6.07) is 0. The van der Waals surface area contributed by atoms with Gasteiger partial charge in [-0.05, 0) is 0 Å². The Balaban J connectivity index is -0.000000177. The maximum Gasteiger partial charge on any atom is 0.156 e. The van der Waals surface area contributed by atoms with Gasteiger partial charge in [-0.25, -0.2) is 11.1 Å². The molecule has 0 aromatic rings. The van der Waals surface area contributed by atoms with E-state index in [1.165, 1.54) is 32.1 Å². The van der Waals surface area contributed by atoms with Crippen LogP contribution in [0.4, 0.5) is 0 Å². The highest BCUT2D eigenvalue weighted by atomic mass is 15.2. The van der Waals surface area contributed by atoms with Crippen molar-refractivity contribution in [3.8, 4) is 0 Å². The van der Waals surface area contributed by atoms with Crippen molar-refractivity contribution >= 4 is 12.7 Å². The summed E-state index contributed by atoms with van der Waals surface area (Å²) >= 11 is 0. The Morgan fingerprint density at radius 3 is 1.29 bits per heavy atom. The highest BCUT2D eigenvalue weighted by Gasteiger charge is 1.80. The first-order valence-electron chi connectivity index (χ1n) is 5.41. The van der Waals surface area contributed by atoms with Crippen LogP contribution < -0.4 is 11.7 Å². The first-order valence-corrected chi connectivity index (χ1v) is 5.41. The van der Waals surface area contributed by atoms with E-state index < -0.39 is 0 Å². The molecular weight excluding hydrogens is 220 g/mol. The molecule has 0 bridgehead atoms. The molecule has 0 heterocycles. The zero-order chi connectivity index (χ0) is 13.8. The van der Waals surface area contributed by atoms with Crippen molar-refractivity contribution in [3.63, 3.8) is 0 Å². The van der Waals surface area contributed by atoms with Crippen LogP contribution in [0.1, 0.15) is 46.0 Å². The second-order valence-corrected chi connectivity index (χ2v) is 2.85. The lowest BCUT2D eigenvalue weighted by atomic mass is 10.2. The van der Waals surface area contributed by atoms with Gasteiger partial charge in [0.1, 0.15) is 0 Å². The van der Waals surface area contributed by atoms with Gasteiger partial charge in [-0.1, -0.05) is 46.0 Å². The number of unbranched alkanes of at least 4 members (excludes halogenated alkanes) is 4. The Kier molecular flexibility index (Phi) is 35.3. The summed E-state index contributed by atoms with van der Waals surface area (Å²) in [5, 5.41) is 11.1. The predicted octanol–water partition coefficient (Wildman–Crippen LogP) is 2.82. The third-order valence-electron chi connectivity index (χ3n) is 1.46. The average Bonchev–Trinajstić information content (AvgIpc) is 2.33. The van der Waals surface area contributed by atoms with Gasteiger partial charge in [-0.3, -0.25) is 0 Å². The molecule has 8 nitrogen and oxygen atoms in total. The van der Waals surface area contributed by atoms with Gasteiger partial charge >= 0.3 is 0 Å². The van der Waals surface area contributed by atoms with Crippen LogP contribution in [0.25, 0.3) is 0 Å². The number of hydrazone groups is 2. The Bertz CT molecular complexity index is 169. The summed E-state index contributed by atoms with van der Waals surface area (Å²) < 4.78 is 0. The molecular formula is C9H24N8. The molecule has 0 saturated carbocycles. The van der Waals surface area contributed by atoms with Crippen molar-refractivity contribution < 1.29 is 0 Å². The lowest BCUT2D eigenvalue weighted by molar-refractivity contribution is 0.656. The fraction of sp³-hybridized carbons (Fsp3) is 0.778. The van der Waals surface area contributed by atoms with Gasteiger partial charge in [-0.15, -0.1) is 10.2 Å². The van der Waals surface area contributed by atoms with E-state index in [1.807, 2.05) is 0 Å². The molecule has 0 aromatic carbocycles. The fourth-order valence-corrected chi connectivity index (χ4v) is 0.743. The average molecular weight is 244 g/mol. The molecule has 17 heavy (non-hydrogen) atoms. The van der Waals surface area contributed by atoms with Gasteiger partial charge in [0.15, 0.2) is 12.7 Å². The van der Waals surface area contributed by atoms with Crippen LogP contribution in [0.3, 0.4) is 0 Å². The predicted molar refractivity (Wildman–Crippen MR) is 70.1 cm³/mol. The monoisotopic (exact) mass is 244 g/mol. The minimum Gasteiger partial charge on any atom is -0.322 e. The SMILES string of the molecule is CCCCCCC.N=NC=NN.N=NC=NN. The van der Waals surface area contributed by atoms with Gasteiger partial charge in [0, 0.05) is 0 Å². The number of nitrogens with two attached hydrogens (primary N) is 2. The molecule has 0 fully saturated rings. The molecule has 0 saturated heterocycles. The highest BCUT2D eigenvalue weighted by Crippen LogP contribution is 2.00. The zero-order valence-corrected chi connectivity index (χ0v) is 10.6. The van der Waals surface area contributed by atoms with Crippen molar-refractivity contribution in [2.24, 2.45) is 32.1 Å². The van der Waals surface area contributed by atoms with Gasteiger partial charge in [-0.2, -0.15) is 10.2 Å². The molecule has 0 aliphatic rings. The van der Waals surface area contributed by atoms with Crippen molar-refractivity contribution in [2.45, 2.75) is 46.0 Å². The molecule has 0 spiro atoms. The first kappa shape index (κ1) is 20.5. The summed E-state index contributed by atoms with van der Waals surface area (Å²) in [4.78, 5) is 0. The van der Waals surface area contributed by atoms with Crippen LogP contribution in [0.5, 0.6) is 0 Å². The minimum atomic E-state index is 0.944. The lowest BCUT2D eigenvalue weighted by Gasteiger charge is -1.90. The van der Waals surface area contributed by atoms with Crippen molar-refractivity contribution in [1.29, 1.82) is 11.1 Å². The third-order valence-corrected chi connectivity index (χ3v) is 1.46. The number of rotatable bonds is 6. The van der Waals surface area contributed by atoms with E-state index in [2.05, 4.69) is 46.0 Å². The van der Waals surface area contributed by atoms with E-state index in [0.29, 0.717) is 0 Å². The molecule has 0 rings (SSSR count). The number of hydrogen-bond donors (Lipinski definition) is 4. The van der Waals surface area contributed by atoms with Crippen molar-refractivity contribution in [1.82, 2.24) is 0 Å². The van der Waals surface area contributed by atoms with E-state index in [9.17, 15) is 0 Å². The summed E-state index contributed by atoms with van der Waals surface area (Å²) in [6.45, 7) is 4.49. The van der Waals surface area contributed by atoms with Crippen LogP contribution >= 0.6 is 0 Å². The second-order valence-electron chi connectivity index (χ2n) is 2.85. The largest absolute Gasteiger partial charge is 0.322 e. The van der Waals surface area contributed by atoms with Gasteiger partial charge < -0.3 is 11.7 Å². The van der Waals surface area contributed by atoms with Crippen LogP contribution in [-0.4, -0.2) is 12.7 Å². The Morgan fingerprint density at radius 2 is 1.18 bits per heavy atom. The van der Waals surface area contributed by atoms with E-state index in [4.69, 9.17) is 11.1 Å². The van der Waals surface area contributed by atoms with E-state index in [0.717, 1.165) is 12.7 Å². The standard InChI is InChI=1S/C7H16.2CH4N4/c1-3-5-7-6-4-2;2*2-4-1-5-3/h3-7H2,1-2H3;2*1-2H,3H2. The van der Waals surface area contributed by atoms with Crippen LogP contribution in [0.15, 0.2) is 20.4 Å². The Labute approximate surface area is 103 Å². The summed E-state index contributed by atoms with van der Waals surface area (Å²) in [6.07, 6.45) is 8.90. The molecule has 0 aliphatic heterocycles. The third kappa shape index (κ3) is 55.3. The van der Waals surface area contributed by atoms with E-state index >= 15 is 0 Å². The van der Waals surface area contributed by atoms with Crippen LogP contribution in [-0.2, 0) is 0 Å². The van der Waals surface area contributed by atoms with Crippen LogP contribution in [0.2, 0.25) is 0 Å². The lowest BCUT2D eigenvalue weighted by Crippen LogP contribution is -1.75. The molecule has 0 atom stereocenters. The molecule has 0 unspecified atom stereocenters.